The van der Waals surface area contributed by atoms with Crippen LogP contribution in [0.5, 0.6) is 0 Å². The first-order chi connectivity index (χ1) is 5.20. The lowest BCUT2D eigenvalue weighted by Gasteiger charge is -1.87. The molecule has 0 aliphatic carbocycles. The van der Waals surface area contributed by atoms with Gasteiger partial charge in [-0.25, -0.2) is 0 Å². The van der Waals surface area contributed by atoms with Crippen molar-refractivity contribution in [1.29, 1.82) is 5.41 Å². The summed E-state index contributed by atoms with van der Waals surface area (Å²) in [5.74, 6) is -0.0110. The highest BCUT2D eigenvalue weighted by atomic mass is 32.1. The van der Waals surface area contributed by atoms with E-state index in [1.807, 2.05) is 0 Å². The molecule has 1 rings (SSSR count). The summed E-state index contributed by atoms with van der Waals surface area (Å²) in [6, 6.07) is 0. The van der Waals surface area contributed by atoms with Gasteiger partial charge in [0.15, 0.2) is 10.6 Å². The molecular formula is C7H8N2OS. The fourth-order valence-electron chi connectivity index (χ4n) is 0.592. The lowest BCUT2D eigenvalue weighted by Crippen LogP contribution is -2.05. The summed E-state index contributed by atoms with van der Waals surface area (Å²) in [6.45, 7) is 1.48. The highest BCUT2D eigenvalue weighted by molar-refractivity contribution is 7.07. The van der Waals surface area contributed by atoms with E-state index >= 15 is 0 Å². The second kappa shape index (κ2) is 3.30. The van der Waals surface area contributed by atoms with Crippen LogP contribution in [0.3, 0.4) is 0 Å². The van der Waals surface area contributed by atoms with Gasteiger partial charge < -0.3 is 0 Å². The van der Waals surface area contributed by atoms with Gasteiger partial charge in [-0.2, -0.15) is 0 Å². The van der Waals surface area contributed by atoms with Gasteiger partial charge in [-0.1, -0.05) is 0 Å². The number of nitrogens with one attached hydrogen (secondary N) is 1. The van der Waals surface area contributed by atoms with Gasteiger partial charge in [0.05, 0.1) is 0 Å². The highest BCUT2D eigenvalue weighted by Gasteiger charge is 1.87. The molecule has 0 unspecified atom stereocenters. The largest absolute Gasteiger partial charge is 0.300 e. The summed E-state index contributed by atoms with van der Waals surface area (Å²) in [5.41, 5.74) is 0. The molecule has 0 aromatic carbocycles. The molecule has 0 amide bonds. The van der Waals surface area contributed by atoms with E-state index in [4.69, 9.17) is 5.41 Å². The normalized spacial score (nSPS) is 10.6. The van der Waals surface area contributed by atoms with Gasteiger partial charge in [0.25, 0.3) is 0 Å². The van der Waals surface area contributed by atoms with Crippen LogP contribution in [0.4, 0.5) is 0 Å². The van der Waals surface area contributed by atoms with Crippen LogP contribution in [-0.4, -0.2) is 10.4 Å². The van der Waals surface area contributed by atoms with Crippen LogP contribution in [0.2, 0.25) is 0 Å². The van der Waals surface area contributed by atoms with E-state index in [9.17, 15) is 4.79 Å². The molecule has 0 saturated carbocycles. The molecule has 3 nitrogen and oxygen atoms in total. The number of thiazole rings is 1. The quantitative estimate of drug-likeness (QED) is 0.660. The van der Waals surface area contributed by atoms with Crippen LogP contribution in [0, 0.1) is 5.41 Å². The van der Waals surface area contributed by atoms with Gasteiger partial charge in [-0.15, -0.1) is 11.3 Å². The molecule has 0 spiro atoms. The predicted molar refractivity (Wildman–Crippen MR) is 44.2 cm³/mol. The van der Waals surface area contributed by atoms with Gasteiger partial charge in [0.1, 0.15) is 0 Å². The van der Waals surface area contributed by atoms with E-state index in [1.54, 1.807) is 22.3 Å². The van der Waals surface area contributed by atoms with Crippen molar-refractivity contribution in [2.24, 2.45) is 0 Å². The summed E-state index contributed by atoms with van der Waals surface area (Å²) in [5, 5.41) is 9.11. The Balaban J connectivity index is 2.88. The third kappa shape index (κ3) is 2.16. The number of carbonyl (C=O) groups excluding carboxylic acids is 1. The van der Waals surface area contributed by atoms with Crippen molar-refractivity contribution in [1.82, 2.24) is 4.57 Å². The third-order valence-corrected chi connectivity index (χ3v) is 1.80. The fourth-order valence-corrected chi connectivity index (χ4v) is 1.16. The summed E-state index contributed by atoms with van der Waals surface area (Å²) in [6.07, 6.45) is 4.76. The van der Waals surface area contributed by atoms with E-state index in [1.165, 1.54) is 24.3 Å². The standard InChI is InChI=1S/C7H8N2OS/c1-6(10)2-3-9-4-5-11-7(9)8/h2-5,8H,1H3/b3-2-,8-7?. The van der Waals surface area contributed by atoms with Crippen LogP contribution in [0.25, 0.3) is 6.20 Å². The van der Waals surface area contributed by atoms with Crippen LogP contribution >= 0.6 is 11.3 Å². The minimum Gasteiger partial charge on any atom is -0.300 e. The Kier molecular flexibility index (Phi) is 2.38. The average molecular weight is 168 g/mol. The molecule has 1 aromatic heterocycles. The topological polar surface area (TPSA) is 45.9 Å². The van der Waals surface area contributed by atoms with Gasteiger partial charge >= 0.3 is 0 Å². The predicted octanol–water partition coefficient (Wildman–Crippen LogP) is 1.09. The number of hydrogen-bond acceptors (Lipinski definition) is 3. The molecule has 0 fully saturated rings. The number of rotatable bonds is 2. The fraction of sp³-hybridized carbons (Fsp3) is 0.143. The number of allylic oxidation sites excluding steroid dienone is 1. The Hall–Kier alpha value is -1.16. The van der Waals surface area contributed by atoms with Crippen molar-refractivity contribution in [2.75, 3.05) is 0 Å². The average Bonchev–Trinajstić information content (AvgIpc) is 2.31. The lowest BCUT2D eigenvalue weighted by molar-refractivity contribution is -0.112. The van der Waals surface area contributed by atoms with E-state index in [-0.39, 0.29) is 5.78 Å². The zero-order valence-corrected chi connectivity index (χ0v) is 6.89. The molecular weight excluding hydrogens is 160 g/mol. The Morgan fingerprint density at radius 1 is 1.82 bits per heavy atom. The van der Waals surface area contributed by atoms with Gasteiger partial charge in [-0.05, 0) is 13.0 Å². The number of nitrogens with zero attached hydrogens (tertiary/aromatic N) is 1. The molecule has 0 aliphatic rings. The SMILES string of the molecule is CC(=O)/C=C\n1ccsc1=N. The van der Waals surface area contributed by atoms with E-state index in [2.05, 4.69) is 0 Å². The maximum absolute atomic E-state index is 10.5. The van der Waals surface area contributed by atoms with Crippen LogP contribution < -0.4 is 4.80 Å². The number of ketones is 1. The first kappa shape index (κ1) is 7.94. The first-order valence-electron chi connectivity index (χ1n) is 3.09. The second-order valence-electron chi connectivity index (χ2n) is 2.04. The smallest absolute Gasteiger partial charge is 0.185 e. The van der Waals surface area contributed by atoms with Gasteiger partial charge in [0.2, 0.25) is 0 Å². The molecule has 0 bridgehead atoms. The monoisotopic (exact) mass is 168 g/mol. The van der Waals surface area contributed by atoms with Gasteiger partial charge in [0, 0.05) is 17.8 Å². The molecule has 11 heavy (non-hydrogen) atoms. The molecule has 0 saturated heterocycles. The molecule has 0 aliphatic heterocycles. The molecule has 4 heteroatoms. The summed E-state index contributed by atoms with van der Waals surface area (Å²) >= 11 is 1.32. The molecule has 1 N–H and O–H groups in total. The highest BCUT2D eigenvalue weighted by Crippen LogP contribution is 1.89. The molecule has 1 heterocycles. The molecule has 0 atom stereocenters. The van der Waals surface area contributed by atoms with Crippen molar-refractivity contribution >= 4 is 23.3 Å². The number of aromatic nitrogens is 1. The maximum atomic E-state index is 10.5. The summed E-state index contributed by atoms with van der Waals surface area (Å²) in [7, 11) is 0. The molecule has 58 valence electrons. The zero-order chi connectivity index (χ0) is 8.27. The molecule has 1 aromatic rings. The minimum atomic E-state index is -0.0110. The Bertz CT molecular complexity index is 334. The molecule has 0 radical (unpaired) electrons. The van der Waals surface area contributed by atoms with Crippen LogP contribution in [0.1, 0.15) is 6.92 Å². The van der Waals surface area contributed by atoms with Crippen molar-refractivity contribution in [2.45, 2.75) is 6.92 Å². The Morgan fingerprint density at radius 3 is 3.00 bits per heavy atom. The second-order valence-corrected chi connectivity index (χ2v) is 2.94. The Morgan fingerprint density at radius 2 is 2.55 bits per heavy atom. The van der Waals surface area contributed by atoms with Crippen LogP contribution in [-0.2, 0) is 4.79 Å². The van der Waals surface area contributed by atoms with Crippen LogP contribution in [0.15, 0.2) is 17.7 Å². The third-order valence-electron chi connectivity index (χ3n) is 1.11. The maximum Gasteiger partial charge on any atom is 0.185 e. The lowest BCUT2D eigenvalue weighted by atomic mass is 10.4. The first-order valence-corrected chi connectivity index (χ1v) is 3.97. The number of hydrogen-bond donors (Lipinski definition) is 1. The van der Waals surface area contributed by atoms with Gasteiger partial charge in [-0.3, -0.25) is 14.8 Å². The van der Waals surface area contributed by atoms with E-state index < -0.39 is 0 Å². The van der Waals surface area contributed by atoms with Crippen molar-refractivity contribution in [3.8, 4) is 0 Å². The Labute approximate surface area is 68.1 Å². The summed E-state index contributed by atoms with van der Waals surface area (Å²) < 4.78 is 1.59. The van der Waals surface area contributed by atoms with Crippen molar-refractivity contribution in [3.05, 3.63) is 22.5 Å². The van der Waals surface area contributed by atoms with Crippen molar-refractivity contribution in [3.63, 3.8) is 0 Å². The number of carbonyl (C=O) groups is 1. The summed E-state index contributed by atoms with van der Waals surface area (Å²) in [4.78, 5) is 10.9. The zero-order valence-electron chi connectivity index (χ0n) is 6.07. The van der Waals surface area contributed by atoms with E-state index in [0.29, 0.717) is 4.80 Å². The minimum absolute atomic E-state index is 0.0110. The van der Waals surface area contributed by atoms with Crippen molar-refractivity contribution < 1.29 is 4.79 Å². The van der Waals surface area contributed by atoms with E-state index in [0.717, 1.165) is 0 Å².